The van der Waals surface area contributed by atoms with Gasteiger partial charge < -0.3 is 5.11 Å². The van der Waals surface area contributed by atoms with Crippen LogP contribution in [0.1, 0.15) is 115 Å². The van der Waals surface area contributed by atoms with Gasteiger partial charge in [-0.15, -0.1) is 0 Å². The maximum Gasteiger partial charge on any atom is 0.0577 e. The summed E-state index contributed by atoms with van der Waals surface area (Å²) in [5, 5.41) is 10.2. The molecule has 4 rings (SSSR count). The fourth-order valence-corrected chi connectivity index (χ4v) is 8.42. The van der Waals surface area contributed by atoms with E-state index in [0.717, 1.165) is 32.1 Å². The minimum atomic E-state index is -2.82. The number of allylic oxidation sites excluding steroid dienone is 1. The molecule has 8 atom stereocenters. The summed E-state index contributed by atoms with van der Waals surface area (Å²) >= 11 is 0. The maximum atomic E-state index is 10.2. The van der Waals surface area contributed by atoms with Crippen molar-refractivity contribution in [1.29, 1.82) is 0 Å². The third-order valence-corrected chi connectivity index (χ3v) is 9.92. The van der Waals surface area contributed by atoms with E-state index >= 15 is 0 Å². The molecule has 1 unspecified atom stereocenters. The molecule has 0 amide bonds. The van der Waals surface area contributed by atoms with Crippen LogP contribution in [0, 0.1) is 46.3 Å². The van der Waals surface area contributed by atoms with Crippen LogP contribution in [0.5, 0.6) is 0 Å². The molecular weight excluding hydrogens is 340 g/mol. The van der Waals surface area contributed by atoms with Crippen LogP contribution in [-0.2, 0) is 0 Å². The van der Waals surface area contributed by atoms with Gasteiger partial charge in [0.25, 0.3) is 0 Å². The average molecular weight is 394 g/mol. The van der Waals surface area contributed by atoms with Crippen molar-refractivity contribution < 1.29 is 14.7 Å². The Bertz CT molecular complexity index is 803. The highest BCUT2D eigenvalue weighted by Crippen LogP contribution is 2.67. The second-order valence-corrected chi connectivity index (χ2v) is 11.2. The number of aliphatic hydroxyl groups excluding tert-OH is 1. The molecule has 160 valence electrons. The van der Waals surface area contributed by atoms with Crippen LogP contribution in [0.2, 0.25) is 0 Å². The van der Waals surface area contributed by atoms with Crippen molar-refractivity contribution >= 4 is 0 Å². The minimum absolute atomic E-state index is 0.111. The Balaban J connectivity index is 1.43. The zero-order valence-electron chi connectivity index (χ0n) is 25.3. The van der Waals surface area contributed by atoms with Crippen LogP contribution in [0.25, 0.3) is 0 Å². The standard InChI is InChI=1S/C27H46O/c1-18(2)7-6-8-19(3)23-11-12-24-22-10-9-20-17-21(28)13-15-26(20,4)25(22)14-16-27(23,24)5/h9,18-19,21-25,28H,6-8,10-17H2,1-5H3/t19-,21?,22+,23-,24+,25+,26+,27-/m1/s1/i1D3,2D3,18D. The van der Waals surface area contributed by atoms with E-state index < -0.39 is 19.6 Å². The number of hydrogen-bond donors (Lipinski definition) is 1. The predicted octanol–water partition coefficient (Wildman–Crippen LogP) is 7.39. The SMILES string of the molecule is [2H]C([2H])([2H])C([2H])(CCC[C@@H](C)[C@H]1CC[C@H]2[C@@H]3CC=C4CC(O)CC[C@]4(C)[C@H]3CC[C@]12C)C([2H])([2H])[2H]. The third kappa shape index (κ3) is 3.42. The molecule has 1 heteroatoms. The van der Waals surface area contributed by atoms with Gasteiger partial charge in [0.05, 0.1) is 6.10 Å². The lowest BCUT2D eigenvalue weighted by Crippen LogP contribution is -2.50. The first-order valence-corrected chi connectivity index (χ1v) is 11.9. The van der Waals surface area contributed by atoms with Crippen molar-refractivity contribution in [3.05, 3.63) is 11.6 Å². The summed E-state index contributed by atoms with van der Waals surface area (Å²) < 4.78 is 54.5. The van der Waals surface area contributed by atoms with Gasteiger partial charge in [0.2, 0.25) is 0 Å². The lowest BCUT2D eigenvalue weighted by Gasteiger charge is -2.58. The molecule has 0 aliphatic heterocycles. The number of hydrogen-bond acceptors (Lipinski definition) is 1. The van der Waals surface area contributed by atoms with E-state index in [1.807, 2.05) is 0 Å². The third-order valence-electron chi connectivity index (χ3n) is 9.92. The summed E-state index contributed by atoms with van der Waals surface area (Å²) in [5.74, 6) is 0.700. The monoisotopic (exact) mass is 393 g/mol. The number of rotatable bonds is 5. The molecule has 0 radical (unpaired) electrons. The zero-order chi connectivity index (χ0) is 26.0. The van der Waals surface area contributed by atoms with Crippen molar-refractivity contribution in [2.75, 3.05) is 0 Å². The summed E-state index contributed by atoms with van der Waals surface area (Å²) in [4.78, 5) is 0. The topological polar surface area (TPSA) is 20.2 Å². The van der Waals surface area contributed by atoms with Crippen molar-refractivity contribution in [2.45, 2.75) is 111 Å². The summed E-state index contributed by atoms with van der Waals surface area (Å²) in [6, 6.07) is 0. The molecule has 4 aliphatic carbocycles. The van der Waals surface area contributed by atoms with Crippen molar-refractivity contribution in [2.24, 2.45) is 46.3 Å². The quantitative estimate of drug-likeness (QED) is 0.483. The van der Waals surface area contributed by atoms with E-state index in [0.29, 0.717) is 36.0 Å². The van der Waals surface area contributed by atoms with Crippen molar-refractivity contribution in [1.82, 2.24) is 0 Å². The van der Waals surface area contributed by atoms with E-state index in [1.54, 1.807) is 0 Å². The molecule has 0 spiro atoms. The predicted molar refractivity (Wildman–Crippen MR) is 119 cm³/mol. The average Bonchev–Trinajstić information content (AvgIpc) is 3.09. The molecule has 3 saturated carbocycles. The molecule has 0 heterocycles. The fourth-order valence-electron chi connectivity index (χ4n) is 8.42. The lowest BCUT2D eigenvalue weighted by molar-refractivity contribution is -0.0573. The fraction of sp³-hybridized carbons (Fsp3) is 0.926. The molecule has 0 bridgehead atoms. The second kappa shape index (κ2) is 7.75. The van der Waals surface area contributed by atoms with Gasteiger partial charge in [0, 0.05) is 9.60 Å². The van der Waals surface area contributed by atoms with E-state index in [2.05, 4.69) is 26.8 Å². The Morgan fingerprint density at radius 2 is 1.96 bits per heavy atom. The first kappa shape index (κ1) is 13.9. The Labute approximate surface area is 184 Å². The van der Waals surface area contributed by atoms with Gasteiger partial charge in [-0.2, -0.15) is 0 Å². The van der Waals surface area contributed by atoms with E-state index in [4.69, 9.17) is 9.60 Å². The molecule has 0 aromatic heterocycles. The van der Waals surface area contributed by atoms with Crippen LogP contribution in [-0.4, -0.2) is 11.2 Å². The molecular formula is C27H46O. The first-order valence-electron chi connectivity index (χ1n) is 15.4. The van der Waals surface area contributed by atoms with Gasteiger partial charge in [-0.05, 0) is 97.7 Å². The highest BCUT2D eigenvalue weighted by Gasteiger charge is 2.59. The van der Waals surface area contributed by atoms with Gasteiger partial charge in [-0.1, -0.05) is 65.4 Å². The summed E-state index contributed by atoms with van der Waals surface area (Å²) in [6.07, 6.45) is 12.4. The molecule has 0 aromatic rings. The Hall–Kier alpha value is -0.300. The van der Waals surface area contributed by atoms with Crippen molar-refractivity contribution in [3.63, 3.8) is 0 Å². The second-order valence-electron chi connectivity index (χ2n) is 11.2. The van der Waals surface area contributed by atoms with E-state index in [9.17, 15) is 5.11 Å². The summed E-state index contributed by atoms with van der Waals surface area (Å²) in [7, 11) is 0. The molecule has 1 nitrogen and oxygen atoms in total. The molecule has 3 fully saturated rings. The Kier molecular flexibility index (Phi) is 3.85. The van der Waals surface area contributed by atoms with Gasteiger partial charge >= 0.3 is 0 Å². The van der Waals surface area contributed by atoms with Gasteiger partial charge in [-0.25, -0.2) is 0 Å². The first-order chi connectivity index (χ1) is 16.0. The molecule has 4 aliphatic rings. The van der Waals surface area contributed by atoms with Gasteiger partial charge in [0.15, 0.2) is 0 Å². The van der Waals surface area contributed by atoms with Crippen LogP contribution in [0.15, 0.2) is 11.6 Å². The maximum absolute atomic E-state index is 10.2. The van der Waals surface area contributed by atoms with Crippen LogP contribution in [0.3, 0.4) is 0 Å². The van der Waals surface area contributed by atoms with Crippen LogP contribution < -0.4 is 0 Å². The molecule has 28 heavy (non-hydrogen) atoms. The number of aliphatic hydroxyl groups is 1. The van der Waals surface area contributed by atoms with Gasteiger partial charge in [0.1, 0.15) is 0 Å². The Morgan fingerprint density at radius 1 is 1.14 bits per heavy atom. The highest BCUT2D eigenvalue weighted by molar-refractivity contribution is 5.25. The van der Waals surface area contributed by atoms with Crippen molar-refractivity contribution in [3.8, 4) is 0 Å². The Morgan fingerprint density at radius 3 is 2.75 bits per heavy atom. The smallest absolute Gasteiger partial charge is 0.0577 e. The van der Waals surface area contributed by atoms with Crippen LogP contribution in [0.4, 0.5) is 0 Å². The lowest BCUT2D eigenvalue weighted by atomic mass is 9.47. The normalized spacial score (nSPS) is 51.5. The number of fused-ring (bicyclic) bond motifs is 5. The molecule has 0 saturated heterocycles. The minimum Gasteiger partial charge on any atom is -0.393 e. The molecule has 0 aromatic carbocycles. The largest absolute Gasteiger partial charge is 0.393 e. The van der Waals surface area contributed by atoms with Crippen LogP contribution >= 0.6 is 0 Å². The summed E-state index contributed by atoms with van der Waals surface area (Å²) in [5.41, 5.74) is 2.03. The van der Waals surface area contributed by atoms with E-state index in [1.165, 1.54) is 31.3 Å². The zero-order valence-corrected chi connectivity index (χ0v) is 18.3. The van der Waals surface area contributed by atoms with E-state index in [-0.39, 0.29) is 23.4 Å². The summed E-state index contributed by atoms with van der Waals surface area (Å²) in [6.45, 7) is 1.59. The van der Waals surface area contributed by atoms with Gasteiger partial charge in [-0.3, -0.25) is 0 Å². The molecule has 1 N–H and O–H groups in total. The highest BCUT2D eigenvalue weighted by atomic mass is 16.3.